The maximum Gasteiger partial charge on any atom is 0.241 e. The second-order valence-electron chi connectivity index (χ2n) is 6.70. The molecule has 1 amide bonds. The molecule has 0 radical (unpaired) electrons. The third-order valence-corrected chi connectivity index (χ3v) is 4.03. The molecule has 2 rings (SSSR count). The number of likely N-dealkylation sites (N-methyl/N-ethyl adjacent to an activating group) is 1. The maximum atomic E-state index is 11.8. The van der Waals surface area contributed by atoms with Gasteiger partial charge in [-0.3, -0.25) is 4.79 Å². The molecule has 1 aromatic rings. The summed E-state index contributed by atoms with van der Waals surface area (Å²) in [6, 6.07) is 1.94. The smallest absolute Gasteiger partial charge is 0.241 e. The van der Waals surface area contributed by atoms with E-state index in [-0.39, 0.29) is 11.3 Å². The Balaban J connectivity index is 2.11. The number of hydrogen-bond acceptors (Lipinski definition) is 6. The number of carbonyl (C=O) groups is 1. The van der Waals surface area contributed by atoms with Gasteiger partial charge in [-0.2, -0.15) is 0 Å². The first kappa shape index (κ1) is 16.5. The second kappa shape index (κ2) is 6.48. The van der Waals surface area contributed by atoms with E-state index in [2.05, 4.69) is 28.7 Å². The summed E-state index contributed by atoms with van der Waals surface area (Å²) in [6.07, 6.45) is 1.55. The molecule has 2 heterocycles. The number of nitrogens with two attached hydrogens (primary N) is 1. The molecule has 0 bridgehead atoms. The average molecular weight is 306 g/mol. The molecule has 0 saturated carbocycles. The van der Waals surface area contributed by atoms with Crippen molar-refractivity contribution >= 4 is 17.5 Å². The molecule has 0 atom stereocenters. The van der Waals surface area contributed by atoms with E-state index in [1.807, 2.05) is 25.1 Å². The van der Waals surface area contributed by atoms with Gasteiger partial charge in [0.25, 0.3) is 0 Å². The van der Waals surface area contributed by atoms with Crippen molar-refractivity contribution in [2.24, 2.45) is 11.1 Å². The minimum absolute atomic E-state index is 0.0175. The quantitative estimate of drug-likeness (QED) is 0.836. The van der Waals surface area contributed by atoms with Gasteiger partial charge in [0.2, 0.25) is 5.91 Å². The Labute approximate surface area is 132 Å². The summed E-state index contributed by atoms with van der Waals surface area (Å²) in [7, 11) is 3.83. The number of aromatic nitrogens is 2. The van der Waals surface area contributed by atoms with E-state index in [0.717, 1.165) is 24.7 Å². The molecule has 0 spiro atoms. The first-order chi connectivity index (χ1) is 10.3. The first-order valence-electron chi connectivity index (χ1n) is 7.54. The van der Waals surface area contributed by atoms with Crippen LogP contribution >= 0.6 is 0 Å². The summed E-state index contributed by atoms with van der Waals surface area (Å²) in [4.78, 5) is 26.3. The fourth-order valence-corrected chi connectivity index (χ4v) is 2.46. The van der Waals surface area contributed by atoms with E-state index in [0.29, 0.717) is 19.6 Å². The molecule has 1 aliphatic rings. The lowest BCUT2D eigenvalue weighted by Crippen LogP contribution is -2.48. The maximum absolute atomic E-state index is 11.8. The van der Waals surface area contributed by atoms with E-state index in [1.54, 1.807) is 11.2 Å². The number of anilines is 2. The molecule has 0 aliphatic carbocycles. The molecule has 2 N–H and O–H groups in total. The molecule has 1 fully saturated rings. The summed E-state index contributed by atoms with van der Waals surface area (Å²) in [5.41, 5.74) is 5.82. The van der Waals surface area contributed by atoms with Gasteiger partial charge in [0.05, 0.1) is 6.54 Å². The first-order valence-corrected chi connectivity index (χ1v) is 7.54. The van der Waals surface area contributed by atoms with Crippen molar-refractivity contribution in [3.05, 3.63) is 12.4 Å². The lowest BCUT2D eigenvalue weighted by atomic mass is 9.93. The van der Waals surface area contributed by atoms with Gasteiger partial charge in [-0.1, -0.05) is 13.8 Å². The van der Waals surface area contributed by atoms with Crippen LogP contribution in [0.2, 0.25) is 0 Å². The van der Waals surface area contributed by atoms with Crippen molar-refractivity contribution < 1.29 is 4.79 Å². The van der Waals surface area contributed by atoms with Crippen molar-refractivity contribution in [1.29, 1.82) is 0 Å². The Hall–Kier alpha value is -1.89. The predicted molar refractivity (Wildman–Crippen MR) is 88.0 cm³/mol. The number of carbonyl (C=O) groups excluding carboxylic acids is 1. The van der Waals surface area contributed by atoms with Gasteiger partial charge < -0.3 is 20.4 Å². The highest BCUT2D eigenvalue weighted by Gasteiger charge is 2.23. The van der Waals surface area contributed by atoms with E-state index in [4.69, 9.17) is 5.73 Å². The van der Waals surface area contributed by atoms with Crippen molar-refractivity contribution in [3.8, 4) is 0 Å². The topological polar surface area (TPSA) is 78.6 Å². The van der Waals surface area contributed by atoms with Crippen molar-refractivity contribution in [3.63, 3.8) is 0 Å². The molecule has 7 heteroatoms. The van der Waals surface area contributed by atoms with Gasteiger partial charge in [-0.05, 0) is 12.0 Å². The van der Waals surface area contributed by atoms with E-state index >= 15 is 0 Å². The van der Waals surface area contributed by atoms with Gasteiger partial charge in [0, 0.05) is 39.8 Å². The van der Waals surface area contributed by atoms with Gasteiger partial charge in [0.15, 0.2) is 0 Å². The van der Waals surface area contributed by atoms with Gasteiger partial charge >= 0.3 is 0 Å². The van der Waals surface area contributed by atoms with Crippen molar-refractivity contribution in [2.75, 3.05) is 56.6 Å². The van der Waals surface area contributed by atoms with Crippen LogP contribution in [0.4, 0.5) is 11.6 Å². The van der Waals surface area contributed by atoms with Crippen LogP contribution in [0.3, 0.4) is 0 Å². The molecule has 1 saturated heterocycles. The number of piperazine rings is 1. The highest BCUT2D eigenvalue weighted by molar-refractivity contribution is 5.82. The minimum atomic E-state index is 0.0175. The molecule has 0 unspecified atom stereocenters. The molecular formula is C15H26N6O. The average Bonchev–Trinajstić information content (AvgIpc) is 2.50. The standard InChI is InChI=1S/C15H26N6O/c1-15(2,9-16)10-20(4)12-7-13(18-11-17-12)21-6-5-19(3)14(22)8-21/h7,11H,5-6,8-10,16H2,1-4H3. The zero-order valence-electron chi connectivity index (χ0n) is 13.9. The minimum Gasteiger partial charge on any atom is -0.359 e. The van der Waals surface area contributed by atoms with Crippen LogP contribution in [-0.2, 0) is 4.79 Å². The van der Waals surface area contributed by atoms with Gasteiger partial charge in [0.1, 0.15) is 18.0 Å². The molecule has 1 aliphatic heterocycles. The SMILES string of the molecule is CN1CCN(c2cc(N(C)CC(C)(C)CN)ncn2)CC1=O. The Morgan fingerprint density at radius 1 is 1.36 bits per heavy atom. The zero-order valence-corrected chi connectivity index (χ0v) is 13.9. The van der Waals surface area contributed by atoms with Gasteiger partial charge in [-0.25, -0.2) is 9.97 Å². The molecule has 22 heavy (non-hydrogen) atoms. The van der Waals surface area contributed by atoms with Crippen LogP contribution in [0.1, 0.15) is 13.8 Å². The number of hydrogen-bond donors (Lipinski definition) is 1. The van der Waals surface area contributed by atoms with E-state index in [9.17, 15) is 4.79 Å². The summed E-state index contributed by atoms with van der Waals surface area (Å²) in [5.74, 6) is 1.76. The van der Waals surface area contributed by atoms with E-state index < -0.39 is 0 Å². The van der Waals surface area contributed by atoms with Crippen molar-refractivity contribution in [1.82, 2.24) is 14.9 Å². The third kappa shape index (κ3) is 3.85. The summed E-state index contributed by atoms with van der Waals surface area (Å²) in [5, 5.41) is 0. The summed E-state index contributed by atoms with van der Waals surface area (Å²) >= 11 is 0. The lowest BCUT2D eigenvalue weighted by molar-refractivity contribution is -0.129. The highest BCUT2D eigenvalue weighted by Crippen LogP contribution is 2.21. The Kier molecular flexibility index (Phi) is 4.85. The van der Waals surface area contributed by atoms with Gasteiger partial charge in [-0.15, -0.1) is 0 Å². The Morgan fingerprint density at radius 2 is 2.09 bits per heavy atom. The number of amides is 1. The Morgan fingerprint density at radius 3 is 2.73 bits per heavy atom. The summed E-state index contributed by atoms with van der Waals surface area (Å²) < 4.78 is 0. The fourth-order valence-electron chi connectivity index (χ4n) is 2.46. The number of rotatable bonds is 5. The lowest BCUT2D eigenvalue weighted by Gasteiger charge is -2.33. The largest absolute Gasteiger partial charge is 0.359 e. The third-order valence-electron chi connectivity index (χ3n) is 4.03. The van der Waals surface area contributed by atoms with Crippen LogP contribution in [-0.4, -0.2) is 67.6 Å². The highest BCUT2D eigenvalue weighted by atomic mass is 16.2. The normalized spacial score (nSPS) is 16.1. The van der Waals surface area contributed by atoms with Crippen LogP contribution in [0.25, 0.3) is 0 Å². The monoisotopic (exact) mass is 306 g/mol. The van der Waals surface area contributed by atoms with Crippen molar-refractivity contribution in [2.45, 2.75) is 13.8 Å². The van der Waals surface area contributed by atoms with E-state index in [1.165, 1.54) is 0 Å². The molecule has 0 aromatic carbocycles. The summed E-state index contributed by atoms with van der Waals surface area (Å²) in [6.45, 7) is 7.55. The molecule has 122 valence electrons. The molecular weight excluding hydrogens is 280 g/mol. The molecule has 1 aromatic heterocycles. The fraction of sp³-hybridized carbons (Fsp3) is 0.667. The second-order valence-corrected chi connectivity index (χ2v) is 6.70. The number of nitrogens with zero attached hydrogens (tertiary/aromatic N) is 5. The van der Waals surface area contributed by atoms with Crippen LogP contribution in [0.15, 0.2) is 12.4 Å². The Bertz CT molecular complexity index is 533. The van der Waals surface area contributed by atoms with Crippen LogP contribution < -0.4 is 15.5 Å². The zero-order chi connectivity index (χ0) is 16.3. The predicted octanol–water partition coefficient (Wildman–Crippen LogP) is 0.176. The van der Waals surface area contributed by atoms with Crippen LogP contribution in [0.5, 0.6) is 0 Å². The molecule has 7 nitrogen and oxygen atoms in total. The van der Waals surface area contributed by atoms with Crippen LogP contribution in [0, 0.1) is 5.41 Å².